The number of hydrogen-bond donors (Lipinski definition) is 1. The highest BCUT2D eigenvalue weighted by molar-refractivity contribution is 7.83. The molecule has 0 radical (unpaired) electrons. The SMILES string of the molecule is CS(=O)Cc1cccc(C(=O)NCCc2cc(Cl)c3c(c2)OCCO3)c1. The van der Waals surface area contributed by atoms with E-state index in [4.69, 9.17) is 21.1 Å². The van der Waals surface area contributed by atoms with E-state index in [0.29, 0.717) is 54.0 Å². The maximum Gasteiger partial charge on any atom is 0.251 e. The predicted octanol–water partition coefficient (Wildman–Crippen LogP) is 2.96. The van der Waals surface area contributed by atoms with Crippen molar-refractivity contribution < 1.29 is 18.5 Å². The smallest absolute Gasteiger partial charge is 0.251 e. The van der Waals surface area contributed by atoms with E-state index in [-0.39, 0.29) is 5.91 Å². The minimum atomic E-state index is -0.938. The molecule has 138 valence electrons. The molecule has 2 aromatic rings. The predicted molar refractivity (Wildman–Crippen MR) is 103 cm³/mol. The van der Waals surface area contributed by atoms with E-state index >= 15 is 0 Å². The molecule has 1 unspecified atom stereocenters. The Hall–Kier alpha value is -2.05. The lowest BCUT2D eigenvalue weighted by Gasteiger charge is -2.20. The van der Waals surface area contributed by atoms with Crippen LogP contribution in [0.3, 0.4) is 0 Å². The van der Waals surface area contributed by atoms with Crippen LogP contribution in [0.15, 0.2) is 36.4 Å². The Kier molecular flexibility index (Phi) is 6.16. The molecule has 0 bridgehead atoms. The number of benzene rings is 2. The van der Waals surface area contributed by atoms with E-state index in [0.717, 1.165) is 11.1 Å². The van der Waals surface area contributed by atoms with Crippen LogP contribution in [-0.4, -0.2) is 36.1 Å². The molecular weight excluding hydrogens is 374 g/mol. The van der Waals surface area contributed by atoms with E-state index in [1.54, 1.807) is 24.5 Å². The maximum atomic E-state index is 12.3. The molecule has 1 N–H and O–H groups in total. The number of halogens is 1. The summed E-state index contributed by atoms with van der Waals surface area (Å²) in [6, 6.07) is 10.9. The highest BCUT2D eigenvalue weighted by atomic mass is 35.5. The summed E-state index contributed by atoms with van der Waals surface area (Å²) in [5.74, 6) is 1.51. The number of fused-ring (bicyclic) bond motifs is 1. The molecule has 5 nitrogen and oxygen atoms in total. The van der Waals surface area contributed by atoms with Crippen LogP contribution in [0.1, 0.15) is 21.5 Å². The summed E-state index contributed by atoms with van der Waals surface area (Å²) in [6.45, 7) is 1.47. The Balaban J connectivity index is 1.59. The minimum Gasteiger partial charge on any atom is -0.486 e. The fraction of sp³-hybridized carbons (Fsp3) is 0.316. The van der Waals surface area contributed by atoms with Gasteiger partial charge in [-0.2, -0.15) is 0 Å². The molecule has 1 amide bonds. The average Bonchev–Trinajstić information content (AvgIpc) is 2.61. The molecule has 26 heavy (non-hydrogen) atoms. The van der Waals surface area contributed by atoms with Gasteiger partial charge < -0.3 is 14.8 Å². The Morgan fingerprint density at radius 3 is 2.81 bits per heavy atom. The first kappa shape index (κ1) is 18.7. The molecule has 0 aliphatic carbocycles. The van der Waals surface area contributed by atoms with E-state index in [2.05, 4.69) is 5.32 Å². The molecular formula is C19H20ClNO4S. The monoisotopic (exact) mass is 393 g/mol. The number of rotatable bonds is 6. The fourth-order valence-corrected chi connectivity index (χ4v) is 3.70. The summed E-state index contributed by atoms with van der Waals surface area (Å²) in [4.78, 5) is 12.3. The lowest BCUT2D eigenvalue weighted by Crippen LogP contribution is -2.26. The second-order valence-electron chi connectivity index (χ2n) is 6.03. The van der Waals surface area contributed by atoms with E-state index in [1.165, 1.54) is 0 Å². The van der Waals surface area contributed by atoms with Gasteiger partial charge in [-0.3, -0.25) is 9.00 Å². The zero-order valence-electron chi connectivity index (χ0n) is 14.4. The molecule has 0 saturated heterocycles. The molecule has 3 rings (SSSR count). The summed E-state index contributed by atoms with van der Waals surface area (Å²) in [7, 11) is -0.938. The normalized spacial score (nSPS) is 13.9. The molecule has 1 aliphatic rings. The van der Waals surface area contributed by atoms with Crippen LogP contribution in [0.4, 0.5) is 0 Å². The molecule has 1 aliphatic heterocycles. The van der Waals surface area contributed by atoms with Gasteiger partial charge in [-0.15, -0.1) is 0 Å². The molecule has 0 aromatic heterocycles. The number of carbonyl (C=O) groups is 1. The molecule has 0 saturated carbocycles. The van der Waals surface area contributed by atoms with Crippen LogP contribution in [0.2, 0.25) is 5.02 Å². The summed E-state index contributed by atoms with van der Waals surface area (Å²) in [5.41, 5.74) is 2.42. The van der Waals surface area contributed by atoms with Crippen LogP contribution < -0.4 is 14.8 Å². The second-order valence-corrected chi connectivity index (χ2v) is 7.87. The van der Waals surface area contributed by atoms with E-state index < -0.39 is 10.8 Å². The number of hydrogen-bond acceptors (Lipinski definition) is 4. The Morgan fingerprint density at radius 2 is 2.00 bits per heavy atom. The third-order valence-corrected chi connectivity index (χ3v) is 4.94. The van der Waals surface area contributed by atoms with Crippen molar-refractivity contribution in [1.29, 1.82) is 0 Å². The van der Waals surface area contributed by atoms with Gasteiger partial charge in [-0.1, -0.05) is 23.7 Å². The standard InChI is InChI=1S/C19H20ClNO4S/c1-26(23)12-14-3-2-4-15(9-14)19(22)21-6-5-13-10-16(20)18-17(11-13)24-7-8-25-18/h2-4,9-11H,5-8,12H2,1H3,(H,21,22). The van der Waals surface area contributed by atoms with Crippen molar-refractivity contribution in [2.75, 3.05) is 26.0 Å². The maximum absolute atomic E-state index is 12.3. The summed E-state index contributed by atoms with van der Waals surface area (Å²) >= 11 is 6.23. The lowest BCUT2D eigenvalue weighted by molar-refractivity contribution is 0.0954. The summed E-state index contributed by atoms with van der Waals surface area (Å²) < 4.78 is 22.4. The number of nitrogens with one attached hydrogen (secondary N) is 1. The van der Waals surface area contributed by atoms with Gasteiger partial charge in [0.2, 0.25) is 0 Å². The molecule has 1 atom stereocenters. The van der Waals surface area contributed by atoms with Crippen molar-refractivity contribution in [1.82, 2.24) is 5.32 Å². The summed E-state index contributed by atoms with van der Waals surface area (Å²) in [5, 5.41) is 3.41. The zero-order chi connectivity index (χ0) is 18.5. The largest absolute Gasteiger partial charge is 0.486 e. The lowest BCUT2D eigenvalue weighted by atomic mass is 10.1. The molecule has 0 fully saturated rings. The summed E-state index contributed by atoms with van der Waals surface area (Å²) in [6.07, 6.45) is 2.27. The number of carbonyl (C=O) groups excluding carboxylic acids is 1. The van der Waals surface area contributed by atoms with Gasteiger partial charge in [0.05, 0.1) is 5.02 Å². The quantitative estimate of drug-likeness (QED) is 0.819. The van der Waals surface area contributed by atoms with Crippen LogP contribution in [0, 0.1) is 0 Å². The van der Waals surface area contributed by atoms with Crippen molar-refractivity contribution in [3.63, 3.8) is 0 Å². The first-order chi connectivity index (χ1) is 12.5. The first-order valence-electron chi connectivity index (χ1n) is 8.28. The van der Waals surface area contributed by atoms with Crippen LogP contribution in [0.5, 0.6) is 11.5 Å². The van der Waals surface area contributed by atoms with E-state index in [9.17, 15) is 9.00 Å². The topological polar surface area (TPSA) is 64.6 Å². The van der Waals surface area contributed by atoms with Gasteiger partial charge in [0.25, 0.3) is 5.91 Å². The first-order valence-corrected chi connectivity index (χ1v) is 10.4. The Bertz CT molecular complexity index is 840. The van der Waals surface area contributed by atoms with Crippen molar-refractivity contribution in [3.8, 4) is 11.5 Å². The van der Waals surface area contributed by atoms with Gasteiger partial charge in [0, 0.05) is 34.9 Å². The van der Waals surface area contributed by atoms with Gasteiger partial charge in [0.15, 0.2) is 11.5 Å². The highest BCUT2D eigenvalue weighted by Gasteiger charge is 2.16. The number of amides is 1. The third kappa shape index (κ3) is 4.77. The van der Waals surface area contributed by atoms with Crippen LogP contribution in [0.25, 0.3) is 0 Å². The van der Waals surface area contributed by atoms with Crippen LogP contribution in [-0.2, 0) is 23.0 Å². The number of ether oxygens (including phenoxy) is 2. The third-order valence-electron chi connectivity index (χ3n) is 3.91. The Labute approximate surface area is 160 Å². The van der Waals surface area contributed by atoms with Gasteiger partial charge in [-0.05, 0) is 41.8 Å². The van der Waals surface area contributed by atoms with Crippen molar-refractivity contribution in [2.24, 2.45) is 0 Å². The van der Waals surface area contributed by atoms with Crippen molar-refractivity contribution in [2.45, 2.75) is 12.2 Å². The molecule has 2 aromatic carbocycles. The molecule has 0 spiro atoms. The van der Waals surface area contributed by atoms with E-state index in [1.807, 2.05) is 18.2 Å². The van der Waals surface area contributed by atoms with Crippen molar-refractivity contribution >= 4 is 28.3 Å². The minimum absolute atomic E-state index is 0.155. The van der Waals surface area contributed by atoms with Gasteiger partial charge in [-0.25, -0.2) is 0 Å². The second kappa shape index (κ2) is 8.56. The fourth-order valence-electron chi connectivity index (χ4n) is 2.77. The van der Waals surface area contributed by atoms with Crippen molar-refractivity contribution in [3.05, 3.63) is 58.1 Å². The van der Waals surface area contributed by atoms with Gasteiger partial charge >= 0.3 is 0 Å². The molecule has 7 heteroatoms. The zero-order valence-corrected chi connectivity index (χ0v) is 16.0. The highest BCUT2D eigenvalue weighted by Crippen LogP contribution is 2.38. The average molecular weight is 394 g/mol. The van der Waals surface area contributed by atoms with Gasteiger partial charge in [0.1, 0.15) is 13.2 Å². The Morgan fingerprint density at radius 1 is 1.19 bits per heavy atom. The van der Waals surface area contributed by atoms with Crippen LogP contribution >= 0.6 is 11.6 Å². The molecule has 1 heterocycles.